The second-order valence-electron chi connectivity index (χ2n) is 6.37. The van der Waals surface area contributed by atoms with Gasteiger partial charge in [-0.15, -0.1) is 0 Å². The molecule has 1 aromatic carbocycles. The number of ether oxygens (including phenoxy) is 1. The molecule has 136 valence electrons. The van der Waals surface area contributed by atoms with Gasteiger partial charge in [0.15, 0.2) is 0 Å². The quantitative estimate of drug-likeness (QED) is 0.743. The number of rotatable bonds is 3. The van der Waals surface area contributed by atoms with Gasteiger partial charge in [-0.05, 0) is 30.2 Å². The van der Waals surface area contributed by atoms with Crippen molar-refractivity contribution < 1.29 is 9.53 Å². The number of carbonyl (C=O) groups is 1. The summed E-state index contributed by atoms with van der Waals surface area (Å²) in [5.74, 6) is 0.531. The fourth-order valence-electron chi connectivity index (χ4n) is 3.57. The molecule has 1 unspecified atom stereocenters. The summed E-state index contributed by atoms with van der Waals surface area (Å²) < 4.78 is 5.42. The number of pyridine rings is 1. The van der Waals surface area contributed by atoms with E-state index < -0.39 is 0 Å². The molecular formula is C20H19N5O2. The van der Waals surface area contributed by atoms with Gasteiger partial charge in [-0.3, -0.25) is 4.79 Å². The highest BCUT2D eigenvalue weighted by molar-refractivity contribution is 5.98. The summed E-state index contributed by atoms with van der Waals surface area (Å²) in [6.07, 6.45) is 2.22. The molecule has 7 heteroatoms. The van der Waals surface area contributed by atoms with E-state index in [1.807, 2.05) is 36.4 Å². The summed E-state index contributed by atoms with van der Waals surface area (Å²) in [4.78, 5) is 25.4. The van der Waals surface area contributed by atoms with Gasteiger partial charge in [0.25, 0.3) is 5.91 Å². The number of amides is 1. The Bertz CT molecular complexity index is 1030. The molecule has 3 aromatic rings. The zero-order valence-corrected chi connectivity index (χ0v) is 15.1. The summed E-state index contributed by atoms with van der Waals surface area (Å²) in [7, 11) is 1.59. The van der Waals surface area contributed by atoms with Crippen molar-refractivity contribution in [2.24, 2.45) is 0 Å². The molecule has 7 nitrogen and oxygen atoms in total. The number of carbonyl (C=O) groups excluding carboxylic acids is 1. The molecule has 1 amide bonds. The first kappa shape index (κ1) is 17.0. The van der Waals surface area contributed by atoms with E-state index in [-0.39, 0.29) is 17.9 Å². The van der Waals surface area contributed by atoms with Gasteiger partial charge in [0.1, 0.15) is 0 Å². The molecule has 1 aliphatic rings. The van der Waals surface area contributed by atoms with Gasteiger partial charge in [-0.1, -0.05) is 24.3 Å². The Balaban J connectivity index is 1.81. The zero-order valence-electron chi connectivity index (χ0n) is 15.1. The lowest BCUT2D eigenvalue weighted by Gasteiger charge is -2.28. The fraction of sp³-hybridized carbons (Fsp3) is 0.200. The molecule has 1 atom stereocenters. The summed E-state index contributed by atoms with van der Waals surface area (Å²) in [5.41, 5.74) is 10.4. The van der Waals surface area contributed by atoms with Crippen molar-refractivity contribution in [3.05, 3.63) is 65.1 Å². The smallest absolute Gasteiger partial charge is 0.255 e. The van der Waals surface area contributed by atoms with Crippen LogP contribution in [-0.2, 0) is 6.42 Å². The van der Waals surface area contributed by atoms with Gasteiger partial charge in [-0.25, -0.2) is 15.0 Å². The highest BCUT2D eigenvalue weighted by Gasteiger charge is 2.30. The minimum Gasteiger partial charge on any atom is -0.481 e. The van der Waals surface area contributed by atoms with E-state index in [9.17, 15) is 4.79 Å². The minimum absolute atomic E-state index is 0.182. The van der Waals surface area contributed by atoms with Gasteiger partial charge in [0.05, 0.1) is 30.1 Å². The van der Waals surface area contributed by atoms with Crippen LogP contribution >= 0.6 is 0 Å². The van der Waals surface area contributed by atoms with Gasteiger partial charge in [0.2, 0.25) is 11.8 Å². The number of hydrogen-bond donors (Lipinski definition) is 2. The summed E-state index contributed by atoms with van der Waals surface area (Å²) >= 11 is 0. The predicted octanol–water partition coefficient (Wildman–Crippen LogP) is 2.47. The predicted molar refractivity (Wildman–Crippen MR) is 101 cm³/mol. The first-order chi connectivity index (χ1) is 13.1. The van der Waals surface area contributed by atoms with Crippen molar-refractivity contribution in [3.63, 3.8) is 0 Å². The van der Waals surface area contributed by atoms with Crippen LogP contribution in [0.15, 0.2) is 42.6 Å². The molecule has 27 heavy (non-hydrogen) atoms. The van der Waals surface area contributed by atoms with Crippen molar-refractivity contribution in [2.75, 3.05) is 12.8 Å². The zero-order chi connectivity index (χ0) is 19.0. The van der Waals surface area contributed by atoms with Crippen LogP contribution in [0.25, 0.3) is 11.1 Å². The van der Waals surface area contributed by atoms with Gasteiger partial charge in [-0.2, -0.15) is 0 Å². The molecule has 0 radical (unpaired) electrons. The Kier molecular flexibility index (Phi) is 4.19. The second-order valence-corrected chi connectivity index (χ2v) is 6.37. The van der Waals surface area contributed by atoms with Crippen molar-refractivity contribution in [2.45, 2.75) is 19.4 Å². The van der Waals surface area contributed by atoms with Crippen LogP contribution in [0, 0.1) is 6.92 Å². The third-order valence-electron chi connectivity index (χ3n) is 4.70. The number of nitrogens with two attached hydrogens (primary N) is 1. The number of aromatic nitrogens is 3. The maximum atomic E-state index is 12.7. The Morgan fingerprint density at radius 1 is 1.15 bits per heavy atom. The fourth-order valence-corrected chi connectivity index (χ4v) is 3.57. The largest absolute Gasteiger partial charge is 0.481 e. The first-order valence-electron chi connectivity index (χ1n) is 8.60. The second kappa shape index (κ2) is 6.68. The third kappa shape index (κ3) is 2.97. The van der Waals surface area contributed by atoms with Crippen molar-refractivity contribution >= 4 is 11.9 Å². The summed E-state index contributed by atoms with van der Waals surface area (Å²) in [6, 6.07) is 11.5. The van der Waals surface area contributed by atoms with E-state index in [1.165, 1.54) is 0 Å². The minimum atomic E-state index is -0.236. The number of fused-ring (bicyclic) bond motifs is 1. The maximum Gasteiger partial charge on any atom is 0.255 e. The monoisotopic (exact) mass is 361 g/mol. The molecule has 0 bridgehead atoms. The van der Waals surface area contributed by atoms with Crippen LogP contribution in [-0.4, -0.2) is 28.0 Å². The normalized spacial score (nSPS) is 15.8. The lowest BCUT2D eigenvalue weighted by molar-refractivity contribution is 0.0922. The number of aryl methyl sites for hydroxylation is 1. The molecule has 0 aliphatic carbocycles. The van der Waals surface area contributed by atoms with Crippen LogP contribution in [0.5, 0.6) is 5.88 Å². The molecule has 4 rings (SSSR count). The van der Waals surface area contributed by atoms with Crippen LogP contribution in [0.3, 0.4) is 0 Å². The lowest BCUT2D eigenvalue weighted by atomic mass is 9.89. The van der Waals surface area contributed by atoms with Crippen LogP contribution in [0.1, 0.15) is 33.4 Å². The standard InChI is InChI=1S/C20H19N5O2/c1-11-17-16(25-20(21)23-11)10-15(24-18(17)26)13-7-4-3-6-12(13)14-8-5-9-22-19(14)27-2/h3-9,15H,10H2,1-2H3,(H,24,26)(H2,21,23,25). The number of nitrogens with one attached hydrogen (secondary N) is 1. The molecular weight excluding hydrogens is 342 g/mol. The molecule has 0 fully saturated rings. The topological polar surface area (TPSA) is 103 Å². The molecule has 3 heterocycles. The number of benzene rings is 1. The van der Waals surface area contributed by atoms with E-state index in [4.69, 9.17) is 10.5 Å². The van der Waals surface area contributed by atoms with Crippen LogP contribution in [0.4, 0.5) is 5.95 Å². The Labute approximate surface area is 156 Å². The third-order valence-corrected chi connectivity index (χ3v) is 4.70. The number of nitrogen functional groups attached to an aromatic ring is 1. The number of anilines is 1. The Morgan fingerprint density at radius 2 is 1.93 bits per heavy atom. The average Bonchev–Trinajstić information content (AvgIpc) is 2.67. The molecule has 0 saturated heterocycles. The summed E-state index contributed by atoms with van der Waals surface area (Å²) in [5, 5.41) is 3.08. The Hall–Kier alpha value is -3.48. The number of nitrogens with zero attached hydrogens (tertiary/aromatic N) is 3. The number of methoxy groups -OCH3 is 1. The highest BCUT2D eigenvalue weighted by Crippen LogP contribution is 2.36. The van der Waals surface area contributed by atoms with E-state index >= 15 is 0 Å². The molecule has 2 aromatic heterocycles. The van der Waals surface area contributed by atoms with Crippen molar-refractivity contribution in [3.8, 4) is 17.0 Å². The first-order valence-corrected chi connectivity index (χ1v) is 8.60. The SMILES string of the molecule is COc1ncccc1-c1ccccc1C1Cc2nc(N)nc(C)c2C(=O)N1. The molecule has 1 aliphatic heterocycles. The van der Waals surface area contributed by atoms with Gasteiger partial charge in [0, 0.05) is 18.2 Å². The van der Waals surface area contributed by atoms with E-state index in [2.05, 4.69) is 20.3 Å². The van der Waals surface area contributed by atoms with E-state index in [1.54, 1.807) is 20.2 Å². The number of hydrogen-bond acceptors (Lipinski definition) is 6. The van der Waals surface area contributed by atoms with Crippen LogP contribution < -0.4 is 15.8 Å². The van der Waals surface area contributed by atoms with Crippen molar-refractivity contribution in [1.29, 1.82) is 0 Å². The average molecular weight is 361 g/mol. The molecule has 0 saturated carbocycles. The molecule has 0 spiro atoms. The van der Waals surface area contributed by atoms with Gasteiger partial charge >= 0.3 is 0 Å². The maximum absolute atomic E-state index is 12.7. The lowest BCUT2D eigenvalue weighted by Crippen LogP contribution is -2.37. The highest BCUT2D eigenvalue weighted by atomic mass is 16.5. The summed E-state index contributed by atoms with van der Waals surface area (Å²) in [6.45, 7) is 1.77. The molecule has 3 N–H and O–H groups in total. The van der Waals surface area contributed by atoms with Crippen molar-refractivity contribution in [1.82, 2.24) is 20.3 Å². The Morgan fingerprint density at radius 3 is 2.74 bits per heavy atom. The van der Waals surface area contributed by atoms with Crippen LogP contribution in [0.2, 0.25) is 0 Å². The van der Waals surface area contributed by atoms with E-state index in [0.717, 1.165) is 16.7 Å². The van der Waals surface area contributed by atoms with Gasteiger partial charge < -0.3 is 15.8 Å². The van der Waals surface area contributed by atoms with E-state index in [0.29, 0.717) is 29.3 Å².